The van der Waals surface area contributed by atoms with Crippen LogP contribution in [0, 0.1) is 12.8 Å². The molecule has 1 fully saturated rings. The van der Waals surface area contributed by atoms with E-state index < -0.39 is 5.60 Å². The van der Waals surface area contributed by atoms with Crippen molar-refractivity contribution in [3.63, 3.8) is 0 Å². The quantitative estimate of drug-likeness (QED) is 0.839. The van der Waals surface area contributed by atoms with Gasteiger partial charge in [-0.2, -0.15) is 0 Å². The molecular weight excluding hydrogens is 272 g/mol. The molecule has 0 spiro atoms. The number of rotatable bonds is 4. The number of hydrogen-bond donors (Lipinski definition) is 2. The van der Waals surface area contributed by atoms with Crippen LogP contribution >= 0.6 is 11.3 Å². The fourth-order valence-electron chi connectivity index (χ4n) is 2.72. The van der Waals surface area contributed by atoms with Crippen LogP contribution in [0.5, 0.6) is 0 Å². The fourth-order valence-corrected chi connectivity index (χ4v) is 3.30. The first-order valence-electron chi connectivity index (χ1n) is 7.07. The maximum atomic E-state index is 11.8. The van der Waals surface area contributed by atoms with Gasteiger partial charge in [0.15, 0.2) is 0 Å². The predicted octanol–water partition coefficient (Wildman–Crippen LogP) is 2.52. The molecule has 1 saturated carbocycles. The minimum Gasteiger partial charge on any atom is -0.388 e. The van der Waals surface area contributed by atoms with Gasteiger partial charge in [0, 0.05) is 18.0 Å². The van der Waals surface area contributed by atoms with Crippen molar-refractivity contribution in [2.45, 2.75) is 45.1 Å². The largest absolute Gasteiger partial charge is 0.388 e. The van der Waals surface area contributed by atoms with Crippen molar-refractivity contribution in [3.05, 3.63) is 22.2 Å². The van der Waals surface area contributed by atoms with E-state index in [0.29, 0.717) is 12.5 Å². The van der Waals surface area contributed by atoms with Crippen molar-refractivity contribution in [2.24, 2.45) is 5.92 Å². The van der Waals surface area contributed by atoms with Crippen molar-refractivity contribution in [2.75, 3.05) is 6.54 Å². The van der Waals surface area contributed by atoms with E-state index >= 15 is 0 Å². The molecule has 1 aromatic rings. The highest BCUT2D eigenvalue weighted by atomic mass is 32.1. The summed E-state index contributed by atoms with van der Waals surface area (Å²) in [6, 6.07) is 0. The van der Waals surface area contributed by atoms with E-state index in [1.165, 1.54) is 12.5 Å². The summed E-state index contributed by atoms with van der Waals surface area (Å²) in [7, 11) is 0. The maximum Gasteiger partial charge on any atom is 0.244 e. The van der Waals surface area contributed by atoms with Gasteiger partial charge >= 0.3 is 0 Å². The van der Waals surface area contributed by atoms with Crippen LogP contribution < -0.4 is 5.32 Å². The van der Waals surface area contributed by atoms with Crippen LogP contribution in [0.3, 0.4) is 0 Å². The minimum atomic E-state index is -0.738. The van der Waals surface area contributed by atoms with Gasteiger partial charge in [-0.25, -0.2) is 4.98 Å². The first-order chi connectivity index (χ1) is 9.47. The van der Waals surface area contributed by atoms with Gasteiger partial charge in [-0.05, 0) is 31.8 Å². The lowest BCUT2D eigenvalue weighted by Crippen LogP contribution is -2.45. The van der Waals surface area contributed by atoms with Crippen LogP contribution in [-0.4, -0.2) is 28.1 Å². The average molecular weight is 294 g/mol. The zero-order valence-electron chi connectivity index (χ0n) is 12.1. The summed E-state index contributed by atoms with van der Waals surface area (Å²) < 4.78 is 0. The molecule has 0 saturated heterocycles. The van der Waals surface area contributed by atoms with Crippen LogP contribution in [0.4, 0.5) is 0 Å². The van der Waals surface area contributed by atoms with Gasteiger partial charge in [0.05, 0.1) is 16.3 Å². The van der Waals surface area contributed by atoms with E-state index in [1.54, 1.807) is 17.4 Å². The fraction of sp³-hybridized carbons (Fsp3) is 0.600. The second-order valence-electron chi connectivity index (χ2n) is 5.77. The second kappa shape index (κ2) is 6.50. The molecule has 1 heterocycles. The van der Waals surface area contributed by atoms with Crippen LogP contribution in [0.15, 0.2) is 11.5 Å². The van der Waals surface area contributed by atoms with Crippen molar-refractivity contribution in [3.8, 4) is 0 Å². The van der Waals surface area contributed by atoms with Crippen LogP contribution in [-0.2, 0) is 4.79 Å². The van der Waals surface area contributed by atoms with Crippen LogP contribution in [0.25, 0.3) is 6.08 Å². The Morgan fingerprint density at radius 2 is 2.50 bits per heavy atom. The number of hydrogen-bond acceptors (Lipinski definition) is 4. The molecule has 0 aromatic carbocycles. The van der Waals surface area contributed by atoms with E-state index in [-0.39, 0.29) is 5.91 Å². The average Bonchev–Trinajstić information content (AvgIpc) is 2.80. The molecule has 2 unspecified atom stereocenters. The van der Waals surface area contributed by atoms with Gasteiger partial charge < -0.3 is 10.4 Å². The summed E-state index contributed by atoms with van der Waals surface area (Å²) in [6.45, 7) is 4.41. The SMILES string of the molecule is Cc1nc(C=CC(=O)NCC2(O)CCCC(C)C2)cs1. The highest BCUT2D eigenvalue weighted by Gasteiger charge is 2.32. The molecule has 2 N–H and O–H groups in total. The molecule has 0 radical (unpaired) electrons. The summed E-state index contributed by atoms with van der Waals surface area (Å²) in [5.41, 5.74) is 0.0610. The van der Waals surface area contributed by atoms with Gasteiger partial charge in [-0.1, -0.05) is 19.8 Å². The summed E-state index contributed by atoms with van der Waals surface area (Å²) in [5.74, 6) is 0.349. The smallest absolute Gasteiger partial charge is 0.244 e. The molecule has 110 valence electrons. The molecule has 1 aliphatic rings. The Balaban J connectivity index is 1.81. The van der Waals surface area contributed by atoms with Gasteiger partial charge in [-0.3, -0.25) is 4.79 Å². The molecule has 0 aliphatic heterocycles. The third-order valence-electron chi connectivity index (χ3n) is 3.70. The third-order valence-corrected chi connectivity index (χ3v) is 4.49. The number of amides is 1. The first kappa shape index (κ1) is 15.2. The Kier molecular flexibility index (Phi) is 4.94. The Bertz CT molecular complexity index is 498. The molecule has 2 rings (SSSR count). The van der Waals surface area contributed by atoms with E-state index in [9.17, 15) is 9.90 Å². The minimum absolute atomic E-state index is 0.178. The molecular formula is C15H22N2O2S. The molecule has 20 heavy (non-hydrogen) atoms. The molecule has 5 heteroatoms. The Hall–Kier alpha value is -1.20. The Labute approximate surface area is 123 Å². The van der Waals surface area contributed by atoms with E-state index in [1.807, 2.05) is 12.3 Å². The van der Waals surface area contributed by atoms with Crippen molar-refractivity contribution in [1.82, 2.24) is 10.3 Å². The number of nitrogens with zero attached hydrogens (tertiary/aromatic N) is 1. The van der Waals surface area contributed by atoms with Crippen LogP contribution in [0.1, 0.15) is 43.3 Å². The lowest BCUT2D eigenvalue weighted by Gasteiger charge is -2.35. The van der Waals surface area contributed by atoms with Crippen molar-refractivity contribution >= 4 is 23.3 Å². The molecule has 0 bridgehead atoms. The van der Waals surface area contributed by atoms with Gasteiger partial charge in [-0.15, -0.1) is 11.3 Å². The number of carbonyl (C=O) groups is 1. The summed E-state index contributed by atoms with van der Waals surface area (Å²) in [4.78, 5) is 16.0. The molecule has 1 aliphatic carbocycles. The van der Waals surface area contributed by atoms with Crippen molar-refractivity contribution < 1.29 is 9.90 Å². The highest BCUT2D eigenvalue weighted by molar-refractivity contribution is 7.09. The lowest BCUT2D eigenvalue weighted by molar-refractivity contribution is -0.118. The van der Waals surface area contributed by atoms with E-state index in [0.717, 1.165) is 30.0 Å². The monoisotopic (exact) mass is 294 g/mol. The molecule has 1 aromatic heterocycles. The zero-order chi connectivity index (χ0) is 14.6. The van der Waals surface area contributed by atoms with Crippen LogP contribution in [0.2, 0.25) is 0 Å². The zero-order valence-corrected chi connectivity index (χ0v) is 12.9. The highest BCUT2D eigenvalue weighted by Crippen LogP contribution is 2.31. The number of aliphatic hydroxyl groups is 1. The van der Waals surface area contributed by atoms with E-state index in [2.05, 4.69) is 17.2 Å². The van der Waals surface area contributed by atoms with Gasteiger partial charge in [0.2, 0.25) is 5.91 Å². The molecule has 1 amide bonds. The normalized spacial score (nSPS) is 26.9. The molecule has 4 nitrogen and oxygen atoms in total. The van der Waals surface area contributed by atoms with E-state index in [4.69, 9.17) is 0 Å². The topological polar surface area (TPSA) is 62.2 Å². The first-order valence-corrected chi connectivity index (χ1v) is 7.95. The lowest BCUT2D eigenvalue weighted by atomic mass is 9.79. The predicted molar refractivity (Wildman–Crippen MR) is 81.5 cm³/mol. The summed E-state index contributed by atoms with van der Waals surface area (Å²) >= 11 is 1.56. The second-order valence-corrected chi connectivity index (χ2v) is 6.83. The number of thiazole rings is 1. The Morgan fingerprint density at radius 3 is 3.15 bits per heavy atom. The van der Waals surface area contributed by atoms with Gasteiger partial charge in [0.1, 0.15) is 0 Å². The maximum absolute atomic E-state index is 11.8. The Morgan fingerprint density at radius 1 is 1.70 bits per heavy atom. The van der Waals surface area contributed by atoms with Crippen molar-refractivity contribution in [1.29, 1.82) is 0 Å². The standard InChI is InChI=1S/C15H22N2O2S/c1-11-4-3-7-15(19,8-11)10-16-14(18)6-5-13-9-20-12(2)17-13/h5-6,9,11,19H,3-4,7-8,10H2,1-2H3,(H,16,18). The number of carbonyl (C=O) groups excluding carboxylic acids is 1. The summed E-state index contributed by atoms with van der Waals surface area (Å²) in [6.07, 6.45) is 6.91. The number of aryl methyl sites for hydroxylation is 1. The summed E-state index contributed by atoms with van der Waals surface area (Å²) in [5, 5.41) is 16.1. The number of aromatic nitrogens is 1. The molecule has 2 atom stereocenters. The third kappa shape index (κ3) is 4.42. The number of nitrogens with one attached hydrogen (secondary N) is 1. The van der Waals surface area contributed by atoms with Gasteiger partial charge in [0.25, 0.3) is 0 Å².